The quantitative estimate of drug-likeness (QED) is 0.492. The van der Waals surface area contributed by atoms with Crippen LogP contribution < -0.4 is 11.1 Å². The third-order valence-corrected chi connectivity index (χ3v) is 2.89. The van der Waals surface area contributed by atoms with Gasteiger partial charge >= 0.3 is 0 Å². The van der Waals surface area contributed by atoms with Gasteiger partial charge in [-0.15, -0.1) is 0 Å². The van der Waals surface area contributed by atoms with Crippen molar-refractivity contribution in [1.29, 1.82) is 0 Å². The van der Waals surface area contributed by atoms with Crippen molar-refractivity contribution in [3.63, 3.8) is 0 Å². The van der Waals surface area contributed by atoms with Gasteiger partial charge in [-0.05, 0) is 32.4 Å². The fourth-order valence-corrected chi connectivity index (χ4v) is 1.36. The Morgan fingerprint density at radius 3 is 2.31 bits per heavy atom. The third-order valence-electron chi connectivity index (χ3n) is 2.89. The minimum absolute atomic E-state index is 0.0780. The fourth-order valence-electron chi connectivity index (χ4n) is 1.36. The summed E-state index contributed by atoms with van der Waals surface area (Å²) in [5.74, 6) is 0. The molecule has 0 rings (SSSR count). The van der Waals surface area contributed by atoms with Gasteiger partial charge in [0, 0.05) is 18.6 Å². The second kappa shape index (κ2) is 7.30. The van der Waals surface area contributed by atoms with Gasteiger partial charge in [-0.1, -0.05) is 13.8 Å². The Hall–Kier alpha value is -0.120. The zero-order chi connectivity index (χ0) is 10.2. The molecule has 0 aromatic heterocycles. The van der Waals surface area contributed by atoms with Gasteiger partial charge in [-0.2, -0.15) is 0 Å². The van der Waals surface area contributed by atoms with Gasteiger partial charge in [0.1, 0.15) is 0 Å². The highest BCUT2D eigenvalue weighted by molar-refractivity contribution is 4.77. The van der Waals surface area contributed by atoms with Crippen molar-refractivity contribution in [3.8, 4) is 0 Å². The Kier molecular flexibility index (Phi) is 7.23. The van der Waals surface area contributed by atoms with Crippen LogP contribution in [0.3, 0.4) is 0 Å². The molecule has 80 valence electrons. The van der Waals surface area contributed by atoms with Crippen LogP contribution >= 0.6 is 0 Å². The molecule has 4 N–H and O–H groups in total. The van der Waals surface area contributed by atoms with E-state index in [2.05, 4.69) is 19.2 Å². The van der Waals surface area contributed by atoms with E-state index < -0.39 is 0 Å². The molecule has 0 aliphatic rings. The summed E-state index contributed by atoms with van der Waals surface area (Å²) >= 11 is 0. The second-order valence-electron chi connectivity index (χ2n) is 3.68. The van der Waals surface area contributed by atoms with Crippen molar-refractivity contribution in [2.75, 3.05) is 26.2 Å². The Morgan fingerprint density at radius 2 is 1.92 bits per heavy atom. The lowest BCUT2D eigenvalue weighted by Crippen LogP contribution is -2.37. The molecule has 0 unspecified atom stereocenters. The molecule has 0 atom stereocenters. The lowest BCUT2D eigenvalue weighted by atomic mass is 9.83. The Balaban J connectivity index is 3.68. The first-order valence-corrected chi connectivity index (χ1v) is 5.26. The molecule has 0 bridgehead atoms. The zero-order valence-electron chi connectivity index (χ0n) is 8.97. The summed E-state index contributed by atoms with van der Waals surface area (Å²) in [7, 11) is 0. The van der Waals surface area contributed by atoms with Gasteiger partial charge in [0.05, 0.1) is 0 Å². The minimum atomic E-state index is 0.0780. The number of hydrogen-bond acceptors (Lipinski definition) is 3. The molecular formula is C10H24N2O. The maximum atomic E-state index is 9.27. The molecule has 3 nitrogen and oxygen atoms in total. The molecule has 0 spiro atoms. The van der Waals surface area contributed by atoms with E-state index >= 15 is 0 Å². The maximum Gasteiger partial charge on any atom is 0.0499 e. The first-order valence-electron chi connectivity index (χ1n) is 5.26. The van der Waals surface area contributed by atoms with Crippen LogP contribution in [-0.2, 0) is 0 Å². The molecule has 0 radical (unpaired) electrons. The molecule has 0 aromatic rings. The van der Waals surface area contributed by atoms with Crippen molar-refractivity contribution >= 4 is 0 Å². The normalized spacial score (nSPS) is 12.0. The third kappa shape index (κ3) is 4.60. The van der Waals surface area contributed by atoms with Gasteiger partial charge in [-0.25, -0.2) is 0 Å². The van der Waals surface area contributed by atoms with E-state index in [9.17, 15) is 5.11 Å². The maximum absolute atomic E-state index is 9.27. The molecule has 0 amide bonds. The van der Waals surface area contributed by atoms with Gasteiger partial charge < -0.3 is 16.2 Å². The average molecular weight is 188 g/mol. The van der Waals surface area contributed by atoms with Crippen LogP contribution in [0, 0.1) is 5.41 Å². The molecule has 0 aliphatic carbocycles. The molecule has 0 aliphatic heterocycles. The molecular weight excluding hydrogens is 164 g/mol. The smallest absolute Gasteiger partial charge is 0.0499 e. The summed E-state index contributed by atoms with van der Waals surface area (Å²) in [5.41, 5.74) is 5.46. The number of nitrogens with two attached hydrogens (primary N) is 1. The highest BCUT2D eigenvalue weighted by Crippen LogP contribution is 2.24. The first-order chi connectivity index (χ1) is 6.24. The van der Waals surface area contributed by atoms with E-state index in [4.69, 9.17) is 5.73 Å². The molecule has 0 saturated carbocycles. The van der Waals surface area contributed by atoms with Crippen molar-refractivity contribution in [1.82, 2.24) is 5.32 Å². The van der Waals surface area contributed by atoms with Crippen LogP contribution in [0.25, 0.3) is 0 Å². The number of aliphatic hydroxyl groups excluding tert-OH is 1. The van der Waals surface area contributed by atoms with E-state index in [0.717, 1.165) is 38.9 Å². The molecule has 3 heteroatoms. The van der Waals surface area contributed by atoms with Gasteiger partial charge in [0.15, 0.2) is 0 Å². The summed E-state index contributed by atoms with van der Waals surface area (Å²) in [6.45, 7) is 7.12. The minimum Gasteiger partial charge on any atom is -0.396 e. The number of nitrogens with one attached hydrogen (secondary N) is 1. The van der Waals surface area contributed by atoms with E-state index in [-0.39, 0.29) is 12.0 Å². The average Bonchev–Trinajstić information content (AvgIpc) is 2.20. The van der Waals surface area contributed by atoms with E-state index in [1.165, 1.54) is 0 Å². The lowest BCUT2D eigenvalue weighted by Gasteiger charge is -2.29. The SMILES string of the molecule is CCC(CC)(CO)CNCCCN. The summed E-state index contributed by atoms with van der Waals surface area (Å²) in [4.78, 5) is 0. The van der Waals surface area contributed by atoms with Crippen LogP contribution in [0.1, 0.15) is 33.1 Å². The van der Waals surface area contributed by atoms with Crippen LogP contribution in [-0.4, -0.2) is 31.3 Å². The van der Waals surface area contributed by atoms with Crippen LogP contribution in [0.2, 0.25) is 0 Å². The monoisotopic (exact) mass is 188 g/mol. The summed E-state index contributed by atoms with van der Waals surface area (Å²) in [5, 5.41) is 12.6. The Bertz CT molecular complexity index is 105. The highest BCUT2D eigenvalue weighted by Gasteiger charge is 2.24. The van der Waals surface area contributed by atoms with E-state index in [1.54, 1.807) is 0 Å². The Labute approximate surface area is 81.7 Å². The number of hydrogen-bond donors (Lipinski definition) is 3. The standard InChI is InChI=1S/C10H24N2O/c1-3-10(4-2,9-13)8-12-7-5-6-11/h12-13H,3-9,11H2,1-2H3. The van der Waals surface area contributed by atoms with Crippen molar-refractivity contribution in [3.05, 3.63) is 0 Å². The molecule has 0 heterocycles. The van der Waals surface area contributed by atoms with Crippen LogP contribution in [0.4, 0.5) is 0 Å². The fraction of sp³-hybridized carbons (Fsp3) is 1.00. The predicted octanol–water partition coefficient (Wildman–Crippen LogP) is 0.724. The Morgan fingerprint density at radius 1 is 1.31 bits per heavy atom. The van der Waals surface area contributed by atoms with Gasteiger partial charge in [-0.3, -0.25) is 0 Å². The van der Waals surface area contributed by atoms with Gasteiger partial charge in [0.2, 0.25) is 0 Å². The van der Waals surface area contributed by atoms with Crippen LogP contribution in [0.5, 0.6) is 0 Å². The number of aliphatic hydroxyl groups is 1. The predicted molar refractivity (Wildman–Crippen MR) is 56.6 cm³/mol. The zero-order valence-corrected chi connectivity index (χ0v) is 8.97. The molecule has 13 heavy (non-hydrogen) atoms. The molecule has 0 saturated heterocycles. The van der Waals surface area contributed by atoms with E-state index in [0.29, 0.717) is 0 Å². The van der Waals surface area contributed by atoms with Crippen molar-refractivity contribution in [2.45, 2.75) is 33.1 Å². The summed E-state index contributed by atoms with van der Waals surface area (Å²) < 4.78 is 0. The topological polar surface area (TPSA) is 58.3 Å². The second-order valence-corrected chi connectivity index (χ2v) is 3.68. The molecule has 0 fully saturated rings. The number of rotatable bonds is 8. The highest BCUT2D eigenvalue weighted by atomic mass is 16.3. The van der Waals surface area contributed by atoms with Crippen molar-refractivity contribution < 1.29 is 5.11 Å². The largest absolute Gasteiger partial charge is 0.396 e. The van der Waals surface area contributed by atoms with Crippen molar-refractivity contribution in [2.24, 2.45) is 11.1 Å². The summed E-state index contributed by atoms with van der Waals surface area (Å²) in [6.07, 6.45) is 3.06. The first kappa shape index (κ1) is 12.9. The van der Waals surface area contributed by atoms with E-state index in [1.807, 2.05) is 0 Å². The lowest BCUT2D eigenvalue weighted by molar-refractivity contribution is 0.113. The van der Waals surface area contributed by atoms with Crippen LogP contribution in [0.15, 0.2) is 0 Å². The summed E-state index contributed by atoms with van der Waals surface area (Å²) in [6, 6.07) is 0. The molecule has 0 aromatic carbocycles. The van der Waals surface area contributed by atoms with Gasteiger partial charge in [0.25, 0.3) is 0 Å².